The maximum atomic E-state index is 13.3. The van der Waals surface area contributed by atoms with Gasteiger partial charge < -0.3 is 4.90 Å². The van der Waals surface area contributed by atoms with E-state index in [1.165, 1.54) is 6.07 Å². The molecule has 0 spiro atoms. The second-order valence-electron chi connectivity index (χ2n) is 7.54. The molecule has 2 aromatic carbocycles. The van der Waals surface area contributed by atoms with E-state index in [1.807, 2.05) is 13.0 Å². The van der Waals surface area contributed by atoms with Crippen molar-refractivity contribution >= 4 is 15.7 Å². The molecule has 1 aliphatic rings. The van der Waals surface area contributed by atoms with Crippen molar-refractivity contribution in [1.82, 2.24) is 4.90 Å². The number of amides is 1. The van der Waals surface area contributed by atoms with Crippen molar-refractivity contribution in [2.24, 2.45) is 5.92 Å². The second-order valence-corrected chi connectivity index (χ2v) is 9.65. The van der Waals surface area contributed by atoms with Crippen LogP contribution in [0.15, 0.2) is 53.4 Å². The first-order valence-electron chi connectivity index (χ1n) is 9.65. The van der Waals surface area contributed by atoms with Crippen LogP contribution in [0.25, 0.3) is 0 Å². The van der Waals surface area contributed by atoms with E-state index in [1.54, 1.807) is 41.3 Å². The standard InChI is InChI=1S/C22H26FNO3S/c1-17-5-7-21(8-6-17)28(26,27)14-11-22(25)24-12-9-18(10-13-24)15-19-3-2-4-20(23)16-19/h2-8,16,18H,9-15H2,1H3. The summed E-state index contributed by atoms with van der Waals surface area (Å²) in [5, 5.41) is 0. The first-order chi connectivity index (χ1) is 13.3. The van der Waals surface area contributed by atoms with Gasteiger partial charge in [-0.2, -0.15) is 0 Å². The third-order valence-electron chi connectivity index (χ3n) is 5.35. The summed E-state index contributed by atoms with van der Waals surface area (Å²) in [6.45, 7) is 3.16. The number of carbonyl (C=O) groups excluding carboxylic acids is 1. The molecule has 2 aromatic rings. The summed E-state index contributed by atoms with van der Waals surface area (Å²) in [6, 6.07) is 13.4. The fraction of sp³-hybridized carbons (Fsp3) is 0.409. The molecule has 1 aliphatic heterocycles. The van der Waals surface area contributed by atoms with E-state index in [9.17, 15) is 17.6 Å². The fourth-order valence-corrected chi connectivity index (χ4v) is 4.86. The molecule has 4 nitrogen and oxygen atoms in total. The summed E-state index contributed by atoms with van der Waals surface area (Å²) in [5.74, 6) is -0.0834. The molecule has 0 radical (unpaired) electrons. The Balaban J connectivity index is 1.48. The van der Waals surface area contributed by atoms with Crippen LogP contribution in [0.1, 0.15) is 30.4 Å². The molecule has 0 aliphatic carbocycles. The van der Waals surface area contributed by atoms with Crippen molar-refractivity contribution in [2.75, 3.05) is 18.8 Å². The third kappa shape index (κ3) is 5.41. The minimum absolute atomic E-state index is 0.00474. The van der Waals surface area contributed by atoms with Gasteiger partial charge in [0.25, 0.3) is 0 Å². The normalized spacial score (nSPS) is 15.6. The van der Waals surface area contributed by atoms with Gasteiger partial charge in [0.1, 0.15) is 5.82 Å². The molecule has 150 valence electrons. The fourth-order valence-electron chi connectivity index (χ4n) is 3.63. The van der Waals surface area contributed by atoms with E-state index in [2.05, 4.69) is 0 Å². The Labute approximate surface area is 166 Å². The summed E-state index contributed by atoms with van der Waals surface area (Å²) in [4.78, 5) is 14.5. The minimum Gasteiger partial charge on any atom is -0.343 e. The lowest BCUT2D eigenvalue weighted by Crippen LogP contribution is -2.39. The van der Waals surface area contributed by atoms with Crippen molar-refractivity contribution in [2.45, 2.75) is 37.5 Å². The van der Waals surface area contributed by atoms with Gasteiger partial charge in [0, 0.05) is 19.5 Å². The Morgan fingerprint density at radius 3 is 2.43 bits per heavy atom. The lowest BCUT2D eigenvalue weighted by Gasteiger charge is -2.32. The number of piperidine rings is 1. The van der Waals surface area contributed by atoms with E-state index >= 15 is 0 Å². The van der Waals surface area contributed by atoms with E-state index in [-0.39, 0.29) is 28.8 Å². The predicted molar refractivity (Wildman–Crippen MR) is 107 cm³/mol. The average molecular weight is 404 g/mol. The Hall–Kier alpha value is -2.21. The van der Waals surface area contributed by atoms with Gasteiger partial charge in [0.05, 0.1) is 10.6 Å². The maximum Gasteiger partial charge on any atom is 0.223 e. The van der Waals surface area contributed by atoms with Gasteiger partial charge in [-0.25, -0.2) is 12.8 Å². The van der Waals surface area contributed by atoms with Crippen molar-refractivity contribution in [3.05, 3.63) is 65.5 Å². The average Bonchev–Trinajstić information content (AvgIpc) is 2.67. The topological polar surface area (TPSA) is 54.5 Å². The van der Waals surface area contributed by atoms with Gasteiger partial charge >= 0.3 is 0 Å². The van der Waals surface area contributed by atoms with Crippen LogP contribution >= 0.6 is 0 Å². The summed E-state index contributed by atoms with van der Waals surface area (Å²) >= 11 is 0. The van der Waals surface area contributed by atoms with E-state index in [4.69, 9.17) is 0 Å². The molecule has 3 rings (SSSR count). The van der Waals surface area contributed by atoms with Crippen molar-refractivity contribution in [3.8, 4) is 0 Å². The van der Waals surface area contributed by atoms with Crippen LogP contribution in [0.2, 0.25) is 0 Å². The maximum absolute atomic E-state index is 13.3. The highest BCUT2D eigenvalue weighted by Gasteiger charge is 2.24. The Bertz CT molecular complexity index is 917. The molecule has 0 N–H and O–H groups in total. The molecule has 0 bridgehead atoms. The van der Waals surface area contributed by atoms with Crippen LogP contribution in [0.4, 0.5) is 4.39 Å². The number of sulfone groups is 1. The van der Waals surface area contributed by atoms with Gasteiger partial charge in [-0.05, 0) is 61.9 Å². The zero-order chi connectivity index (χ0) is 20.1. The lowest BCUT2D eigenvalue weighted by molar-refractivity contribution is -0.132. The van der Waals surface area contributed by atoms with Gasteiger partial charge in [0.2, 0.25) is 5.91 Å². The molecular formula is C22H26FNO3S. The second kappa shape index (κ2) is 8.86. The van der Waals surface area contributed by atoms with Gasteiger partial charge in [0.15, 0.2) is 9.84 Å². The SMILES string of the molecule is Cc1ccc(S(=O)(=O)CCC(=O)N2CCC(Cc3cccc(F)c3)CC2)cc1. The highest BCUT2D eigenvalue weighted by molar-refractivity contribution is 7.91. The minimum atomic E-state index is -3.45. The van der Waals surface area contributed by atoms with Crippen LogP contribution in [0, 0.1) is 18.7 Å². The highest BCUT2D eigenvalue weighted by atomic mass is 32.2. The Morgan fingerprint density at radius 1 is 1.11 bits per heavy atom. The van der Waals surface area contributed by atoms with Gasteiger partial charge in [-0.3, -0.25) is 4.79 Å². The molecule has 1 saturated heterocycles. The Kier molecular flexibility index (Phi) is 6.50. The number of nitrogens with zero attached hydrogens (tertiary/aromatic N) is 1. The molecule has 1 fully saturated rings. The van der Waals surface area contributed by atoms with Crippen LogP contribution in [-0.2, 0) is 21.1 Å². The van der Waals surface area contributed by atoms with Crippen LogP contribution in [0.5, 0.6) is 0 Å². The van der Waals surface area contributed by atoms with E-state index in [0.29, 0.717) is 19.0 Å². The third-order valence-corrected chi connectivity index (χ3v) is 7.08. The number of carbonyl (C=O) groups is 1. The van der Waals surface area contributed by atoms with Crippen LogP contribution < -0.4 is 0 Å². The van der Waals surface area contributed by atoms with Crippen molar-refractivity contribution in [3.63, 3.8) is 0 Å². The van der Waals surface area contributed by atoms with Crippen molar-refractivity contribution in [1.29, 1.82) is 0 Å². The number of hydrogen-bond acceptors (Lipinski definition) is 3. The van der Waals surface area contributed by atoms with E-state index in [0.717, 1.165) is 30.4 Å². The molecule has 0 unspecified atom stereocenters. The lowest BCUT2D eigenvalue weighted by atomic mass is 9.90. The van der Waals surface area contributed by atoms with Gasteiger partial charge in [-0.15, -0.1) is 0 Å². The number of halogens is 1. The van der Waals surface area contributed by atoms with Crippen LogP contribution in [-0.4, -0.2) is 38.1 Å². The number of hydrogen-bond donors (Lipinski definition) is 0. The largest absolute Gasteiger partial charge is 0.343 e. The Morgan fingerprint density at radius 2 is 1.79 bits per heavy atom. The smallest absolute Gasteiger partial charge is 0.223 e. The quantitative estimate of drug-likeness (QED) is 0.738. The molecule has 6 heteroatoms. The molecule has 28 heavy (non-hydrogen) atoms. The number of likely N-dealkylation sites (tertiary alicyclic amines) is 1. The first-order valence-corrected chi connectivity index (χ1v) is 11.3. The molecule has 0 saturated carbocycles. The highest BCUT2D eigenvalue weighted by Crippen LogP contribution is 2.23. The monoisotopic (exact) mass is 403 g/mol. The molecular weight excluding hydrogens is 377 g/mol. The summed E-state index contributed by atoms with van der Waals surface area (Å²) in [5.41, 5.74) is 1.98. The number of aryl methyl sites for hydroxylation is 1. The molecule has 0 atom stereocenters. The summed E-state index contributed by atoms with van der Waals surface area (Å²) in [7, 11) is -3.45. The zero-order valence-electron chi connectivity index (χ0n) is 16.1. The molecule has 0 aromatic heterocycles. The number of rotatable bonds is 6. The molecule has 1 amide bonds. The first kappa shape index (κ1) is 20.5. The zero-order valence-corrected chi connectivity index (χ0v) is 16.9. The molecule has 1 heterocycles. The van der Waals surface area contributed by atoms with E-state index < -0.39 is 9.84 Å². The van der Waals surface area contributed by atoms with Crippen LogP contribution in [0.3, 0.4) is 0 Å². The van der Waals surface area contributed by atoms with Crippen molar-refractivity contribution < 1.29 is 17.6 Å². The predicted octanol–water partition coefficient (Wildman–Crippen LogP) is 3.78. The summed E-state index contributed by atoms with van der Waals surface area (Å²) in [6.07, 6.45) is 2.52. The number of benzene rings is 2. The van der Waals surface area contributed by atoms with Gasteiger partial charge in [-0.1, -0.05) is 29.8 Å². The summed E-state index contributed by atoms with van der Waals surface area (Å²) < 4.78 is 38.1.